The van der Waals surface area contributed by atoms with E-state index < -0.39 is 35.5 Å². The molecule has 0 aliphatic carbocycles. The third kappa shape index (κ3) is 4.64. The number of hydrogen-bond acceptors (Lipinski definition) is 7. The van der Waals surface area contributed by atoms with Gasteiger partial charge in [0.2, 0.25) is 0 Å². The standard InChI is InChI=1S/C18H20O6S/c1-10-5-4-8-13(20)12(19)7-3-2-6-11-16(18(23)24-10)15(25)9-14(21)17(11)22/h2,4,6,8-10,12,19,21-22,25H,3,5,7H2,1H3/b6-2+,8-4-. The van der Waals surface area contributed by atoms with E-state index in [1.807, 2.05) is 0 Å². The quantitative estimate of drug-likeness (QED) is 0.320. The van der Waals surface area contributed by atoms with Crippen LogP contribution in [-0.4, -0.2) is 39.3 Å². The summed E-state index contributed by atoms with van der Waals surface area (Å²) >= 11 is 4.19. The summed E-state index contributed by atoms with van der Waals surface area (Å²) in [6.07, 6.45) is 5.03. The molecule has 1 aliphatic rings. The second kappa shape index (κ2) is 8.22. The lowest BCUT2D eigenvalue weighted by Crippen LogP contribution is -2.19. The first-order chi connectivity index (χ1) is 11.8. The number of phenolic OH excluding ortho intramolecular Hbond substituents is 2. The number of fused-ring (bicyclic) bond motifs is 1. The number of ether oxygens (including phenoxy) is 1. The Bertz CT molecular complexity index is 738. The minimum Gasteiger partial charge on any atom is -0.504 e. The van der Waals surface area contributed by atoms with Crippen LogP contribution in [0.5, 0.6) is 11.5 Å². The number of cyclic esters (lactones) is 1. The first kappa shape index (κ1) is 19.1. The summed E-state index contributed by atoms with van der Waals surface area (Å²) in [5.41, 5.74) is 0.120. The summed E-state index contributed by atoms with van der Waals surface area (Å²) in [6, 6.07) is 1.17. The summed E-state index contributed by atoms with van der Waals surface area (Å²) in [6.45, 7) is 1.66. The average Bonchev–Trinajstić information content (AvgIpc) is 2.54. The summed E-state index contributed by atoms with van der Waals surface area (Å²) in [4.78, 5) is 24.4. The Balaban J connectivity index is 2.46. The monoisotopic (exact) mass is 364 g/mol. The zero-order valence-corrected chi connectivity index (χ0v) is 14.6. The van der Waals surface area contributed by atoms with Gasteiger partial charge < -0.3 is 20.1 Å². The van der Waals surface area contributed by atoms with E-state index in [0.29, 0.717) is 12.8 Å². The van der Waals surface area contributed by atoms with Crippen molar-refractivity contribution in [2.75, 3.05) is 0 Å². The Morgan fingerprint density at radius 3 is 2.64 bits per heavy atom. The van der Waals surface area contributed by atoms with Gasteiger partial charge in [0.1, 0.15) is 12.2 Å². The fourth-order valence-corrected chi connectivity index (χ4v) is 2.75. The van der Waals surface area contributed by atoms with Crippen LogP contribution in [0.25, 0.3) is 6.08 Å². The second-order valence-electron chi connectivity index (χ2n) is 5.80. The Morgan fingerprint density at radius 2 is 1.92 bits per heavy atom. The van der Waals surface area contributed by atoms with Crippen LogP contribution in [0, 0.1) is 0 Å². The molecule has 0 radical (unpaired) electrons. The number of rotatable bonds is 0. The molecular weight excluding hydrogens is 344 g/mol. The highest BCUT2D eigenvalue weighted by atomic mass is 32.1. The van der Waals surface area contributed by atoms with Crippen LogP contribution in [0.1, 0.15) is 42.1 Å². The first-order valence-electron chi connectivity index (χ1n) is 7.85. The van der Waals surface area contributed by atoms with Gasteiger partial charge in [-0.2, -0.15) is 0 Å². The molecule has 1 heterocycles. The molecular formula is C18H20O6S. The van der Waals surface area contributed by atoms with Crippen LogP contribution in [0.2, 0.25) is 0 Å². The summed E-state index contributed by atoms with van der Waals surface area (Å²) < 4.78 is 5.32. The van der Waals surface area contributed by atoms with Gasteiger partial charge >= 0.3 is 5.97 Å². The number of carbonyl (C=O) groups excluding carboxylic acids is 2. The van der Waals surface area contributed by atoms with E-state index in [1.165, 1.54) is 18.2 Å². The molecule has 1 aliphatic heterocycles. The summed E-state index contributed by atoms with van der Waals surface area (Å²) in [5.74, 6) is -1.97. The van der Waals surface area contributed by atoms with Gasteiger partial charge in [-0.05, 0) is 31.9 Å². The highest BCUT2D eigenvalue weighted by molar-refractivity contribution is 7.80. The van der Waals surface area contributed by atoms with Crippen LogP contribution in [-0.2, 0) is 9.53 Å². The molecule has 0 saturated heterocycles. The fraction of sp³-hybridized carbons (Fsp3) is 0.333. The van der Waals surface area contributed by atoms with Crippen molar-refractivity contribution >= 4 is 30.5 Å². The van der Waals surface area contributed by atoms with E-state index in [1.54, 1.807) is 19.1 Å². The highest BCUT2D eigenvalue weighted by Gasteiger charge is 2.23. The molecule has 134 valence electrons. The minimum atomic E-state index is -1.13. The molecule has 3 N–H and O–H groups in total. The van der Waals surface area contributed by atoms with Crippen molar-refractivity contribution in [3.8, 4) is 11.5 Å². The SMILES string of the molecule is CC1C/C=C\C(=O)C(O)CC/C=C/c2c(O)c(O)cc(S)c2C(=O)O1. The summed E-state index contributed by atoms with van der Waals surface area (Å²) in [7, 11) is 0. The zero-order chi connectivity index (χ0) is 18.6. The number of aliphatic hydroxyl groups excluding tert-OH is 1. The van der Waals surface area contributed by atoms with Gasteiger partial charge in [-0.1, -0.05) is 18.2 Å². The van der Waals surface area contributed by atoms with Crippen LogP contribution in [0.15, 0.2) is 29.2 Å². The molecule has 0 aromatic heterocycles. The number of ketones is 1. The number of hydrogen-bond donors (Lipinski definition) is 4. The van der Waals surface area contributed by atoms with Gasteiger partial charge in [0.15, 0.2) is 17.3 Å². The van der Waals surface area contributed by atoms with Crippen LogP contribution < -0.4 is 0 Å². The maximum Gasteiger partial charge on any atom is 0.340 e. The van der Waals surface area contributed by atoms with Crippen molar-refractivity contribution in [3.05, 3.63) is 35.4 Å². The van der Waals surface area contributed by atoms with E-state index in [0.717, 1.165) is 0 Å². The molecule has 6 nitrogen and oxygen atoms in total. The highest BCUT2D eigenvalue weighted by Crippen LogP contribution is 2.37. The van der Waals surface area contributed by atoms with E-state index >= 15 is 0 Å². The number of carbonyl (C=O) groups is 2. The van der Waals surface area contributed by atoms with E-state index in [2.05, 4.69) is 12.6 Å². The summed E-state index contributed by atoms with van der Waals surface area (Å²) in [5, 5.41) is 29.7. The number of benzene rings is 1. The normalized spacial score (nSPS) is 24.8. The van der Waals surface area contributed by atoms with Crippen molar-refractivity contribution in [2.45, 2.75) is 43.3 Å². The van der Waals surface area contributed by atoms with Gasteiger partial charge in [-0.3, -0.25) is 4.79 Å². The molecule has 0 fully saturated rings. The van der Waals surface area contributed by atoms with Crippen molar-refractivity contribution in [1.82, 2.24) is 0 Å². The van der Waals surface area contributed by atoms with Gasteiger partial charge in [0.25, 0.3) is 0 Å². The molecule has 7 heteroatoms. The van der Waals surface area contributed by atoms with Gasteiger partial charge in [-0.25, -0.2) is 4.79 Å². The Morgan fingerprint density at radius 1 is 1.20 bits per heavy atom. The molecule has 1 aromatic rings. The molecule has 2 atom stereocenters. The molecule has 0 spiro atoms. The molecule has 2 unspecified atom stereocenters. The maximum atomic E-state index is 12.5. The molecule has 0 amide bonds. The lowest BCUT2D eigenvalue weighted by molar-refractivity contribution is -0.122. The Hall–Kier alpha value is -2.25. The number of aliphatic hydroxyl groups is 1. The molecule has 0 saturated carbocycles. The number of phenols is 2. The number of thiol groups is 1. The largest absolute Gasteiger partial charge is 0.504 e. The third-order valence-corrected chi connectivity index (χ3v) is 4.13. The Labute approximate surface area is 150 Å². The topological polar surface area (TPSA) is 104 Å². The lowest BCUT2D eigenvalue weighted by Gasteiger charge is -2.16. The minimum absolute atomic E-state index is 0.0411. The zero-order valence-electron chi connectivity index (χ0n) is 13.7. The Kier molecular flexibility index (Phi) is 6.27. The van der Waals surface area contributed by atoms with Crippen LogP contribution >= 0.6 is 12.6 Å². The van der Waals surface area contributed by atoms with Crippen molar-refractivity contribution in [1.29, 1.82) is 0 Å². The smallest absolute Gasteiger partial charge is 0.340 e. The van der Waals surface area contributed by atoms with Gasteiger partial charge in [0, 0.05) is 16.9 Å². The van der Waals surface area contributed by atoms with Crippen molar-refractivity contribution in [2.24, 2.45) is 0 Å². The molecule has 1 aromatic carbocycles. The number of esters is 1. The molecule has 0 bridgehead atoms. The van der Waals surface area contributed by atoms with E-state index in [9.17, 15) is 24.9 Å². The van der Waals surface area contributed by atoms with Crippen LogP contribution in [0.3, 0.4) is 0 Å². The fourth-order valence-electron chi connectivity index (χ4n) is 2.42. The lowest BCUT2D eigenvalue weighted by atomic mass is 10.0. The van der Waals surface area contributed by atoms with Crippen molar-refractivity contribution in [3.63, 3.8) is 0 Å². The molecule has 25 heavy (non-hydrogen) atoms. The van der Waals surface area contributed by atoms with Crippen LogP contribution in [0.4, 0.5) is 0 Å². The van der Waals surface area contributed by atoms with Gasteiger partial charge in [0.05, 0.1) is 5.56 Å². The van der Waals surface area contributed by atoms with Gasteiger partial charge in [-0.15, -0.1) is 12.6 Å². The third-order valence-electron chi connectivity index (χ3n) is 3.78. The average molecular weight is 364 g/mol. The van der Waals surface area contributed by atoms with Crippen molar-refractivity contribution < 1.29 is 29.6 Å². The second-order valence-corrected chi connectivity index (χ2v) is 6.29. The predicted molar refractivity (Wildman–Crippen MR) is 94.9 cm³/mol. The number of aromatic hydroxyl groups is 2. The molecule has 2 rings (SSSR count). The predicted octanol–water partition coefficient (Wildman–Crippen LogP) is 2.62. The first-order valence-corrected chi connectivity index (χ1v) is 8.29. The maximum absolute atomic E-state index is 12.5. The van der Waals surface area contributed by atoms with E-state index in [4.69, 9.17) is 4.74 Å². The van der Waals surface area contributed by atoms with E-state index in [-0.39, 0.29) is 22.4 Å². The number of allylic oxidation sites excluding steroid dienone is 1.